The second kappa shape index (κ2) is 10.0. The van der Waals surface area contributed by atoms with Gasteiger partial charge in [0.15, 0.2) is 18.1 Å². The highest BCUT2D eigenvalue weighted by Gasteiger charge is 2.14. The van der Waals surface area contributed by atoms with Crippen molar-refractivity contribution in [3.63, 3.8) is 0 Å². The molecule has 0 saturated carbocycles. The molecule has 0 aliphatic rings. The van der Waals surface area contributed by atoms with E-state index < -0.39 is 5.91 Å². The van der Waals surface area contributed by atoms with E-state index in [2.05, 4.69) is 5.32 Å². The molecule has 0 saturated heterocycles. The molecule has 28 heavy (non-hydrogen) atoms. The van der Waals surface area contributed by atoms with Gasteiger partial charge in [0.05, 0.1) is 11.6 Å². The van der Waals surface area contributed by atoms with Crippen LogP contribution in [0, 0.1) is 29.6 Å². The van der Waals surface area contributed by atoms with E-state index in [1.165, 1.54) is 12.1 Å². The molecule has 0 unspecified atom stereocenters. The van der Waals surface area contributed by atoms with Crippen LogP contribution in [0.2, 0.25) is 5.02 Å². The molecule has 2 rings (SSSR count). The van der Waals surface area contributed by atoms with Crippen LogP contribution >= 0.6 is 11.6 Å². The predicted molar refractivity (Wildman–Crippen MR) is 107 cm³/mol. The fourth-order valence-electron chi connectivity index (χ4n) is 2.33. The Kier molecular flexibility index (Phi) is 7.45. The van der Waals surface area contributed by atoms with Crippen molar-refractivity contribution >= 4 is 29.3 Å². The molecule has 0 bridgehead atoms. The summed E-state index contributed by atoms with van der Waals surface area (Å²) < 4.78 is 10.8. The predicted octanol–water partition coefficient (Wildman–Crippen LogP) is 4.50. The number of halogens is 1. The first-order chi connectivity index (χ1) is 13.5. The molecule has 0 atom stereocenters. The number of carbonyl (C=O) groups excluding carboxylic acids is 1. The van der Waals surface area contributed by atoms with Gasteiger partial charge in [0, 0.05) is 5.69 Å². The minimum absolute atomic E-state index is 0.0928. The van der Waals surface area contributed by atoms with Crippen LogP contribution in [-0.4, -0.2) is 19.1 Å². The van der Waals surface area contributed by atoms with Crippen LogP contribution in [0.3, 0.4) is 0 Å². The fraction of sp³-hybridized carbons (Fsp3) is 0.190. The third-order valence-electron chi connectivity index (χ3n) is 3.60. The topological polar surface area (TPSA) is 95.1 Å². The van der Waals surface area contributed by atoms with E-state index in [0.29, 0.717) is 23.6 Å². The van der Waals surface area contributed by atoms with E-state index in [9.17, 15) is 10.1 Å². The van der Waals surface area contributed by atoms with Crippen LogP contribution < -0.4 is 14.8 Å². The first-order valence-electron chi connectivity index (χ1n) is 8.44. The quantitative estimate of drug-likeness (QED) is 0.550. The summed E-state index contributed by atoms with van der Waals surface area (Å²) >= 11 is 6.23. The number of nitrogens with one attached hydrogen (secondary N) is 1. The lowest BCUT2D eigenvalue weighted by molar-refractivity contribution is -0.112. The number of nitriles is 2. The molecular formula is C21H18ClN3O3. The second-order valence-corrected chi connectivity index (χ2v) is 6.11. The monoisotopic (exact) mass is 395 g/mol. The van der Waals surface area contributed by atoms with E-state index in [1.807, 2.05) is 31.2 Å². The van der Waals surface area contributed by atoms with Gasteiger partial charge in [-0.1, -0.05) is 29.3 Å². The lowest BCUT2D eigenvalue weighted by Crippen LogP contribution is -2.13. The molecule has 2 aromatic carbocycles. The zero-order chi connectivity index (χ0) is 20.5. The van der Waals surface area contributed by atoms with Crippen molar-refractivity contribution in [3.05, 3.63) is 58.1 Å². The summed E-state index contributed by atoms with van der Waals surface area (Å²) in [6, 6.07) is 14.1. The van der Waals surface area contributed by atoms with Crippen molar-refractivity contribution in [2.45, 2.75) is 13.8 Å². The summed E-state index contributed by atoms with van der Waals surface area (Å²) in [4.78, 5) is 12.4. The Morgan fingerprint density at radius 3 is 2.54 bits per heavy atom. The zero-order valence-corrected chi connectivity index (χ0v) is 16.2. The van der Waals surface area contributed by atoms with E-state index in [-0.39, 0.29) is 23.0 Å². The van der Waals surface area contributed by atoms with Gasteiger partial charge in [0.1, 0.15) is 17.7 Å². The van der Waals surface area contributed by atoms with Crippen LogP contribution in [0.15, 0.2) is 42.0 Å². The Labute approximate surface area is 168 Å². The molecule has 0 radical (unpaired) electrons. The Bertz CT molecular complexity index is 970. The van der Waals surface area contributed by atoms with E-state index in [0.717, 1.165) is 5.56 Å². The molecule has 6 nitrogen and oxygen atoms in total. The number of carbonyl (C=O) groups is 1. The Balaban J connectivity index is 2.32. The molecule has 0 heterocycles. The summed E-state index contributed by atoms with van der Waals surface area (Å²) in [7, 11) is 0. The smallest absolute Gasteiger partial charge is 0.266 e. The van der Waals surface area contributed by atoms with Gasteiger partial charge in [0.25, 0.3) is 5.91 Å². The zero-order valence-electron chi connectivity index (χ0n) is 15.5. The molecule has 0 aliphatic carbocycles. The molecule has 0 aromatic heterocycles. The molecular weight excluding hydrogens is 378 g/mol. The highest BCUT2D eigenvalue weighted by atomic mass is 35.5. The van der Waals surface area contributed by atoms with Gasteiger partial charge >= 0.3 is 0 Å². The Morgan fingerprint density at radius 1 is 1.21 bits per heavy atom. The number of nitrogens with zero attached hydrogens (tertiary/aromatic N) is 2. The molecule has 0 spiro atoms. The average Bonchev–Trinajstić information content (AvgIpc) is 2.67. The fourth-order valence-corrected chi connectivity index (χ4v) is 2.60. The highest BCUT2D eigenvalue weighted by molar-refractivity contribution is 6.32. The van der Waals surface area contributed by atoms with Gasteiger partial charge in [-0.2, -0.15) is 10.5 Å². The Morgan fingerprint density at radius 2 is 1.93 bits per heavy atom. The lowest BCUT2D eigenvalue weighted by atomic mass is 10.1. The van der Waals surface area contributed by atoms with Gasteiger partial charge in [-0.25, -0.2) is 0 Å². The van der Waals surface area contributed by atoms with Crippen molar-refractivity contribution in [2.24, 2.45) is 0 Å². The SMILES string of the molecule is CCOc1cc(/C=C(\C#N)C(=O)Nc2ccc(C)cc2)cc(Cl)c1OCC#N. The summed E-state index contributed by atoms with van der Waals surface area (Å²) in [5.74, 6) is 0.0304. The third kappa shape index (κ3) is 5.51. The van der Waals surface area contributed by atoms with Crippen molar-refractivity contribution in [3.8, 4) is 23.6 Å². The standard InChI is InChI=1S/C21H18ClN3O3/c1-3-27-19-12-15(11-18(22)20(19)28-9-8-23)10-16(13-24)21(26)25-17-6-4-14(2)5-7-17/h4-7,10-12H,3,9H2,1-2H3,(H,25,26)/b16-10+. The van der Waals surface area contributed by atoms with Crippen molar-refractivity contribution in [1.82, 2.24) is 0 Å². The average molecular weight is 396 g/mol. The number of aryl methyl sites for hydroxylation is 1. The number of amides is 1. The number of hydrogen-bond acceptors (Lipinski definition) is 5. The van der Waals surface area contributed by atoms with Gasteiger partial charge in [-0.15, -0.1) is 0 Å². The minimum Gasteiger partial charge on any atom is -0.490 e. The van der Waals surface area contributed by atoms with Gasteiger partial charge in [-0.05, 0) is 49.8 Å². The van der Waals surface area contributed by atoms with Crippen molar-refractivity contribution in [1.29, 1.82) is 10.5 Å². The van der Waals surface area contributed by atoms with Gasteiger partial charge in [0.2, 0.25) is 0 Å². The Hall–Kier alpha value is -3.48. The molecule has 142 valence electrons. The largest absolute Gasteiger partial charge is 0.490 e. The second-order valence-electron chi connectivity index (χ2n) is 5.70. The summed E-state index contributed by atoms with van der Waals surface area (Å²) in [6.07, 6.45) is 1.41. The number of rotatable bonds is 7. The molecule has 0 aliphatic heterocycles. The van der Waals surface area contributed by atoms with Gasteiger partial charge < -0.3 is 14.8 Å². The van der Waals surface area contributed by atoms with E-state index in [4.69, 9.17) is 26.3 Å². The number of anilines is 1. The van der Waals surface area contributed by atoms with Crippen LogP contribution in [0.1, 0.15) is 18.1 Å². The van der Waals surface area contributed by atoms with Crippen molar-refractivity contribution < 1.29 is 14.3 Å². The maximum Gasteiger partial charge on any atom is 0.266 e. The molecule has 2 aromatic rings. The first kappa shape index (κ1) is 20.8. The molecule has 0 fully saturated rings. The maximum atomic E-state index is 12.4. The number of ether oxygens (including phenoxy) is 2. The molecule has 1 amide bonds. The lowest BCUT2D eigenvalue weighted by Gasteiger charge is -2.13. The third-order valence-corrected chi connectivity index (χ3v) is 3.88. The summed E-state index contributed by atoms with van der Waals surface area (Å²) in [5, 5.41) is 21.0. The number of benzene rings is 2. The van der Waals surface area contributed by atoms with Crippen LogP contribution in [0.25, 0.3) is 6.08 Å². The normalized spacial score (nSPS) is 10.5. The van der Waals surface area contributed by atoms with Crippen LogP contribution in [-0.2, 0) is 4.79 Å². The first-order valence-corrected chi connectivity index (χ1v) is 8.82. The van der Waals surface area contributed by atoms with Gasteiger partial charge in [-0.3, -0.25) is 4.79 Å². The molecule has 1 N–H and O–H groups in total. The summed E-state index contributed by atoms with van der Waals surface area (Å²) in [5.41, 5.74) is 2.05. The molecule has 7 heteroatoms. The highest BCUT2D eigenvalue weighted by Crippen LogP contribution is 2.37. The van der Waals surface area contributed by atoms with Crippen LogP contribution in [0.5, 0.6) is 11.5 Å². The minimum atomic E-state index is -0.537. The maximum absolute atomic E-state index is 12.4. The van der Waals surface area contributed by atoms with Crippen LogP contribution in [0.4, 0.5) is 5.69 Å². The van der Waals surface area contributed by atoms with Crippen molar-refractivity contribution in [2.75, 3.05) is 18.5 Å². The van der Waals surface area contributed by atoms with E-state index in [1.54, 1.807) is 25.1 Å². The summed E-state index contributed by atoms with van der Waals surface area (Å²) in [6.45, 7) is 3.90. The van der Waals surface area contributed by atoms with E-state index >= 15 is 0 Å². The number of hydrogen-bond donors (Lipinski definition) is 1.